The fourth-order valence-corrected chi connectivity index (χ4v) is 6.04. The normalized spacial score (nSPS) is 17.9. The molecular weight excluding hydrogens is 589 g/mol. The molecule has 0 radical (unpaired) electrons. The van der Waals surface area contributed by atoms with Gasteiger partial charge in [-0.15, -0.1) is 0 Å². The lowest BCUT2D eigenvalue weighted by molar-refractivity contribution is -0.128. The van der Waals surface area contributed by atoms with Gasteiger partial charge in [0, 0.05) is 43.3 Å². The fraction of sp³-hybridized carbons (Fsp3) is 0.333. The van der Waals surface area contributed by atoms with Crippen molar-refractivity contribution in [3.05, 3.63) is 72.3 Å². The number of nitrogen functional groups attached to an aromatic ring is 1. The number of rotatable bonds is 7. The number of benzene rings is 2. The Morgan fingerprint density at radius 3 is 2.72 bits per heavy atom. The molecule has 4 aromatic rings. The topological polar surface area (TPSA) is 155 Å². The largest absolute Gasteiger partial charge is 0.457 e. The van der Waals surface area contributed by atoms with Gasteiger partial charge in [-0.1, -0.05) is 18.2 Å². The van der Waals surface area contributed by atoms with Gasteiger partial charge in [0.1, 0.15) is 46.8 Å². The molecule has 46 heavy (non-hydrogen) atoms. The van der Waals surface area contributed by atoms with E-state index in [2.05, 4.69) is 21.4 Å². The summed E-state index contributed by atoms with van der Waals surface area (Å²) < 4.78 is 23.1. The van der Waals surface area contributed by atoms with E-state index < -0.39 is 17.3 Å². The van der Waals surface area contributed by atoms with Crippen molar-refractivity contribution < 1.29 is 18.7 Å². The number of para-hydroxylation sites is 1. The Morgan fingerprint density at radius 1 is 1.17 bits per heavy atom. The first kappa shape index (κ1) is 30.7. The summed E-state index contributed by atoms with van der Waals surface area (Å²) in [6, 6.07) is 15.4. The number of piperidine rings is 1. The molecule has 6 rings (SSSR count). The van der Waals surface area contributed by atoms with Crippen LogP contribution in [0.2, 0.25) is 0 Å². The molecule has 0 unspecified atom stereocenters. The molecule has 13 heteroatoms. The standard InChI is InChI=1S/C33H34FN9O3/c1-33(2,42-14-12-37-27(44)19-42)16-21(17-35)32(45)41-13-6-7-22(18-41)43-31-28(30(36)38-20-39-31)29(40-43)25-11-10-24(15-26(25)34)46-23-8-4-3-5-9-23/h3-5,8-11,15-16,20,22H,6-7,12-14,18-19H2,1-2H3,(H,37,44)(H2,36,38,39)/b21-16+/t22-/m0/s1. The van der Waals surface area contributed by atoms with E-state index in [-0.39, 0.29) is 47.7 Å². The van der Waals surface area contributed by atoms with Crippen LogP contribution in [-0.4, -0.2) is 79.6 Å². The summed E-state index contributed by atoms with van der Waals surface area (Å²) >= 11 is 0. The predicted molar refractivity (Wildman–Crippen MR) is 169 cm³/mol. The molecule has 0 bridgehead atoms. The first-order valence-electron chi connectivity index (χ1n) is 15.1. The van der Waals surface area contributed by atoms with Gasteiger partial charge < -0.3 is 20.7 Å². The number of hydrogen-bond acceptors (Lipinski definition) is 9. The van der Waals surface area contributed by atoms with Crippen molar-refractivity contribution in [2.75, 3.05) is 38.5 Å². The molecule has 2 saturated heterocycles. The number of hydrogen-bond donors (Lipinski definition) is 2. The molecule has 2 amide bonds. The number of fused-ring (bicyclic) bond motifs is 1. The summed E-state index contributed by atoms with van der Waals surface area (Å²) in [4.78, 5) is 37.8. The van der Waals surface area contributed by atoms with Crippen LogP contribution in [0.25, 0.3) is 22.3 Å². The van der Waals surface area contributed by atoms with Gasteiger partial charge in [0.05, 0.1) is 18.0 Å². The monoisotopic (exact) mass is 623 g/mol. The Balaban J connectivity index is 1.28. The maximum absolute atomic E-state index is 15.6. The van der Waals surface area contributed by atoms with Crippen molar-refractivity contribution >= 4 is 28.7 Å². The molecule has 2 aliphatic rings. The highest BCUT2D eigenvalue weighted by atomic mass is 19.1. The van der Waals surface area contributed by atoms with Crippen LogP contribution in [0, 0.1) is 17.1 Å². The number of carbonyl (C=O) groups is 2. The molecule has 4 heterocycles. The molecular formula is C33H34FN9O3. The van der Waals surface area contributed by atoms with E-state index in [1.54, 1.807) is 39.9 Å². The number of halogens is 1. The van der Waals surface area contributed by atoms with E-state index in [9.17, 15) is 14.9 Å². The zero-order chi connectivity index (χ0) is 32.4. The lowest BCUT2D eigenvalue weighted by atomic mass is 9.96. The van der Waals surface area contributed by atoms with E-state index in [1.807, 2.05) is 36.9 Å². The van der Waals surface area contributed by atoms with Crippen molar-refractivity contribution in [1.29, 1.82) is 5.26 Å². The second-order valence-corrected chi connectivity index (χ2v) is 11.9. The van der Waals surface area contributed by atoms with Crippen LogP contribution >= 0.6 is 0 Å². The zero-order valence-electron chi connectivity index (χ0n) is 25.6. The van der Waals surface area contributed by atoms with Crippen LogP contribution in [0.1, 0.15) is 32.7 Å². The smallest absolute Gasteiger partial charge is 0.264 e. The second kappa shape index (κ2) is 12.6. The van der Waals surface area contributed by atoms with Crippen LogP contribution in [0.15, 0.2) is 66.5 Å². The molecule has 2 fully saturated rings. The van der Waals surface area contributed by atoms with E-state index >= 15 is 4.39 Å². The highest BCUT2D eigenvalue weighted by Crippen LogP contribution is 2.36. The lowest BCUT2D eigenvalue weighted by Crippen LogP contribution is -2.55. The van der Waals surface area contributed by atoms with Crippen LogP contribution in [0.3, 0.4) is 0 Å². The molecule has 236 valence electrons. The third-order valence-electron chi connectivity index (χ3n) is 8.42. The van der Waals surface area contributed by atoms with Crippen molar-refractivity contribution in [3.8, 4) is 28.8 Å². The number of ether oxygens (including phenoxy) is 1. The summed E-state index contributed by atoms with van der Waals surface area (Å²) in [5.41, 5.74) is 6.52. The molecule has 3 N–H and O–H groups in total. The number of nitrogens with two attached hydrogens (primary N) is 1. The summed E-state index contributed by atoms with van der Waals surface area (Å²) in [5.74, 6) is 0.0180. The van der Waals surface area contributed by atoms with E-state index in [1.165, 1.54) is 12.4 Å². The average Bonchev–Trinajstić information content (AvgIpc) is 3.45. The summed E-state index contributed by atoms with van der Waals surface area (Å²) in [7, 11) is 0. The van der Waals surface area contributed by atoms with Gasteiger partial charge in [-0.2, -0.15) is 10.4 Å². The zero-order valence-corrected chi connectivity index (χ0v) is 25.6. The van der Waals surface area contributed by atoms with Crippen molar-refractivity contribution in [2.45, 2.75) is 38.3 Å². The number of aromatic nitrogens is 4. The third-order valence-corrected chi connectivity index (χ3v) is 8.42. The highest BCUT2D eigenvalue weighted by molar-refractivity contribution is 5.99. The number of carbonyl (C=O) groups excluding carboxylic acids is 2. The minimum Gasteiger partial charge on any atom is -0.457 e. The first-order valence-corrected chi connectivity index (χ1v) is 15.1. The van der Waals surface area contributed by atoms with Crippen molar-refractivity contribution in [2.24, 2.45) is 0 Å². The van der Waals surface area contributed by atoms with Crippen LogP contribution in [0.5, 0.6) is 11.5 Å². The molecule has 2 aromatic heterocycles. The second-order valence-electron chi connectivity index (χ2n) is 11.9. The fourth-order valence-electron chi connectivity index (χ4n) is 6.04. The SMILES string of the molecule is CC(C)(/C=C(\C#N)C(=O)N1CCC[C@H](n2nc(-c3ccc(Oc4ccccc4)cc3F)c3c(N)ncnc32)C1)N1CCNC(=O)C1. The molecule has 0 saturated carbocycles. The number of amides is 2. The Morgan fingerprint density at radius 2 is 1.98 bits per heavy atom. The molecule has 2 aromatic carbocycles. The molecule has 0 aliphatic carbocycles. The van der Waals surface area contributed by atoms with Gasteiger partial charge in [-0.05, 0) is 57.0 Å². The number of nitriles is 1. The predicted octanol–water partition coefficient (Wildman–Crippen LogP) is 3.83. The van der Waals surface area contributed by atoms with Crippen LogP contribution in [-0.2, 0) is 9.59 Å². The summed E-state index contributed by atoms with van der Waals surface area (Å²) in [6.07, 6.45) is 4.30. The number of piperazine rings is 1. The maximum atomic E-state index is 15.6. The minimum absolute atomic E-state index is 0.00842. The molecule has 2 aliphatic heterocycles. The van der Waals surface area contributed by atoms with Gasteiger partial charge in [0.15, 0.2) is 5.65 Å². The first-order chi connectivity index (χ1) is 22.1. The lowest BCUT2D eigenvalue weighted by Gasteiger charge is -2.39. The van der Waals surface area contributed by atoms with Gasteiger partial charge in [0.25, 0.3) is 5.91 Å². The number of likely N-dealkylation sites (tertiary alicyclic amines) is 1. The van der Waals surface area contributed by atoms with E-state index in [0.29, 0.717) is 55.0 Å². The van der Waals surface area contributed by atoms with Gasteiger partial charge in [0.2, 0.25) is 5.91 Å². The van der Waals surface area contributed by atoms with Gasteiger partial charge in [-0.25, -0.2) is 19.0 Å². The van der Waals surface area contributed by atoms with Crippen LogP contribution < -0.4 is 15.8 Å². The number of anilines is 1. The number of nitrogens with one attached hydrogen (secondary N) is 1. The van der Waals surface area contributed by atoms with Gasteiger partial charge >= 0.3 is 0 Å². The van der Waals surface area contributed by atoms with Gasteiger partial charge in [-0.3, -0.25) is 14.5 Å². The summed E-state index contributed by atoms with van der Waals surface area (Å²) in [6.45, 7) is 5.79. The van der Waals surface area contributed by atoms with E-state index in [0.717, 1.165) is 0 Å². The van der Waals surface area contributed by atoms with Crippen LogP contribution in [0.4, 0.5) is 10.2 Å². The maximum Gasteiger partial charge on any atom is 0.264 e. The average molecular weight is 624 g/mol. The molecule has 0 spiro atoms. The molecule has 1 atom stereocenters. The number of nitrogens with zero attached hydrogens (tertiary/aromatic N) is 7. The Kier molecular flexibility index (Phi) is 8.38. The highest BCUT2D eigenvalue weighted by Gasteiger charge is 2.34. The summed E-state index contributed by atoms with van der Waals surface area (Å²) in [5, 5.41) is 18.0. The molecule has 12 nitrogen and oxygen atoms in total. The Hall–Kier alpha value is -5.35. The minimum atomic E-state index is -0.693. The Bertz CT molecular complexity index is 1870. The Labute approximate surface area is 265 Å². The van der Waals surface area contributed by atoms with Crippen molar-refractivity contribution in [3.63, 3.8) is 0 Å². The van der Waals surface area contributed by atoms with Crippen molar-refractivity contribution in [1.82, 2.24) is 34.9 Å². The quantitative estimate of drug-likeness (QED) is 0.231. The third kappa shape index (κ3) is 6.12. The van der Waals surface area contributed by atoms with E-state index in [4.69, 9.17) is 15.6 Å².